The Morgan fingerprint density at radius 1 is 0.963 bits per heavy atom. The van der Waals surface area contributed by atoms with E-state index in [0.29, 0.717) is 5.56 Å². The quantitative estimate of drug-likeness (QED) is 0.715. The van der Waals surface area contributed by atoms with Crippen molar-refractivity contribution < 1.29 is 21.2 Å². The van der Waals surface area contributed by atoms with E-state index < -0.39 is 32.4 Å². The van der Waals surface area contributed by atoms with Crippen LogP contribution in [0.1, 0.15) is 12.5 Å². The highest BCUT2D eigenvalue weighted by Crippen LogP contribution is 2.28. The van der Waals surface area contributed by atoms with Crippen molar-refractivity contribution >= 4 is 20.2 Å². The number of halogens is 1. The molecule has 0 bridgehead atoms. The summed E-state index contributed by atoms with van der Waals surface area (Å²) in [7, 11) is -4.77. The van der Waals surface area contributed by atoms with Gasteiger partial charge in [-0.2, -0.15) is 17.4 Å². The van der Waals surface area contributed by atoms with Crippen molar-refractivity contribution in [3.05, 3.63) is 54.1 Å². The van der Waals surface area contributed by atoms with E-state index in [9.17, 15) is 21.2 Å². The molecular formula is C17H22FN3O4S2. The van der Waals surface area contributed by atoms with E-state index in [2.05, 4.69) is 4.72 Å². The number of nitrogens with zero attached hydrogens (tertiary/aromatic N) is 1. The molecule has 0 saturated heterocycles. The Kier molecular flexibility index (Phi) is 6.07. The lowest BCUT2D eigenvalue weighted by Gasteiger charge is -2.23. The van der Waals surface area contributed by atoms with Crippen LogP contribution in [0.5, 0.6) is 0 Å². The molecule has 0 saturated carbocycles. The van der Waals surface area contributed by atoms with Crippen molar-refractivity contribution in [3.8, 4) is 11.1 Å². The highest BCUT2D eigenvalue weighted by Gasteiger charge is 2.28. The zero-order valence-electron chi connectivity index (χ0n) is 15.2. The maximum atomic E-state index is 14.9. The fraction of sp³-hybridized carbons (Fsp3) is 0.294. The minimum absolute atomic E-state index is 0.00683. The summed E-state index contributed by atoms with van der Waals surface area (Å²) in [5.74, 6) is 0. The molecule has 148 valence electrons. The molecular weight excluding hydrogens is 393 g/mol. The van der Waals surface area contributed by atoms with Gasteiger partial charge < -0.3 is 0 Å². The Morgan fingerprint density at radius 3 is 1.81 bits per heavy atom. The van der Waals surface area contributed by atoms with Crippen LogP contribution in [0.15, 0.2) is 53.4 Å². The Morgan fingerprint density at radius 2 is 1.41 bits per heavy atom. The van der Waals surface area contributed by atoms with Crippen LogP contribution in [0.2, 0.25) is 0 Å². The third-order valence-electron chi connectivity index (χ3n) is 4.07. The van der Waals surface area contributed by atoms with E-state index in [1.54, 1.807) is 36.4 Å². The van der Waals surface area contributed by atoms with Gasteiger partial charge in [-0.3, -0.25) is 0 Å². The first-order chi connectivity index (χ1) is 12.3. The predicted octanol–water partition coefficient (Wildman–Crippen LogP) is 1.58. The maximum absolute atomic E-state index is 14.9. The van der Waals surface area contributed by atoms with Gasteiger partial charge in [0.05, 0.1) is 4.90 Å². The highest BCUT2D eigenvalue weighted by atomic mass is 32.2. The molecule has 0 spiro atoms. The normalized spacial score (nSPS) is 14.9. The number of sulfonamides is 1. The second kappa shape index (κ2) is 7.64. The molecule has 0 fully saturated rings. The van der Waals surface area contributed by atoms with Gasteiger partial charge in [-0.25, -0.2) is 17.9 Å². The largest absolute Gasteiger partial charge is 0.279 e. The number of alkyl halides is 1. The van der Waals surface area contributed by atoms with Crippen molar-refractivity contribution in [2.24, 2.45) is 5.14 Å². The Balaban J connectivity index is 2.18. The monoisotopic (exact) mass is 415 g/mol. The van der Waals surface area contributed by atoms with Crippen molar-refractivity contribution in [2.75, 3.05) is 20.6 Å². The van der Waals surface area contributed by atoms with Gasteiger partial charge in [0.1, 0.15) is 5.67 Å². The molecule has 0 aliphatic carbocycles. The standard InChI is InChI=1S/C17H22FN3O4S2/c1-17(18,12-20-27(24,25)21(2)3)15-8-4-13(5-9-15)14-6-10-16(11-7-14)26(19,22)23/h4-11,20H,12H2,1-3H3,(H2,19,22,23). The third-order valence-corrected chi connectivity index (χ3v) is 6.47. The molecule has 1 unspecified atom stereocenters. The minimum Gasteiger partial charge on any atom is -0.238 e. The summed E-state index contributed by atoms with van der Waals surface area (Å²) < 4.78 is 64.2. The summed E-state index contributed by atoms with van der Waals surface area (Å²) in [5.41, 5.74) is -0.0971. The summed E-state index contributed by atoms with van der Waals surface area (Å²) in [5, 5.41) is 5.07. The van der Waals surface area contributed by atoms with E-state index in [1.807, 2.05) is 0 Å². The second-order valence-electron chi connectivity index (χ2n) is 6.45. The molecule has 0 amide bonds. The Hall–Kier alpha value is -1.85. The molecule has 1 atom stereocenters. The van der Waals surface area contributed by atoms with Gasteiger partial charge in [0.2, 0.25) is 10.0 Å². The summed E-state index contributed by atoms with van der Waals surface area (Å²) >= 11 is 0. The fourth-order valence-electron chi connectivity index (χ4n) is 2.31. The number of rotatable bonds is 7. The molecule has 0 aliphatic heterocycles. The van der Waals surface area contributed by atoms with Crippen LogP contribution in [0, 0.1) is 0 Å². The van der Waals surface area contributed by atoms with Gasteiger partial charge in [0, 0.05) is 20.6 Å². The molecule has 3 N–H and O–H groups in total. The van der Waals surface area contributed by atoms with Crippen molar-refractivity contribution in [3.63, 3.8) is 0 Å². The zero-order valence-corrected chi connectivity index (χ0v) is 16.8. The van der Waals surface area contributed by atoms with E-state index in [0.717, 1.165) is 15.4 Å². The van der Waals surface area contributed by atoms with E-state index in [4.69, 9.17) is 5.14 Å². The van der Waals surface area contributed by atoms with Gasteiger partial charge >= 0.3 is 0 Å². The number of nitrogens with one attached hydrogen (secondary N) is 1. The van der Waals surface area contributed by atoms with Gasteiger partial charge in [-0.1, -0.05) is 36.4 Å². The first kappa shape index (κ1) is 21.5. The van der Waals surface area contributed by atoms with Gasteiger partial charge in [0.25, 0.3) is 10.2 Å². The molecule has 0 aromatic heterocycles. The SMILES string of the molecule is CN(C)S(=O)(=O)NCC(C)(F)c1ccc(-c2ccc(S(N)(=O)=O)cc2)cc1. The lowest BCUT2D eigenvalue weighted by atomic mass is 9.95. The van der Waals surface area contributed by atoms with Crippen molar-refractivity contribution in [1.29, 1.82) is 0 Å². The summed E-state index contributed by atoms with van der Waals surface area (Å²) in [6.45, 7) is 0.886. The lowest BCUT2D eigenvalue weighted by molar-refractivity contribution is 0.196. The zero-order chi connectivity index (χ0) is 20.5. The average molecular weight is 416 g/mol. The topological polar surface area (TPSA) is 110 Å². The molecule has 2 aromatic rings. The van der Waals surface area contributed by atoms with Crippen molar-refractivity contribution in [2.45, 2.75) is 17.5 Å². The number of benzene rings is 2. The number of hydrogen-bond donors (Lipinski definition) is 2. The fourth-order valence-corrected chi connectivity index (χ4v) is 3.53. The average Bonchev–Trinajstić information content (AvgIpc) is 2.59. The van der Waals surface area contributed by atoms with Gasteiger partial charge in [-0.15, -0.1) is 0 Å². The maximum Gasteiger partial charge on any atom is 0.279 e. The molecule has 10 heteroatoms. The minimum atomic E-state index is -3.76. The molecule has 0 aliphatic rings. The number of nitrogens with two attached hydrogens (primary N) is 1. The predicted molar refractivity (Wildman–Crippen MR) is 102 cm³/mol. The first-order valence-corrected chi connectivity index (χ1v) is 10.9. The van der Waals surface area contributed by atoms with E-state index in [-0.39, 0.29) is 4.90 Å². The molecule has 27 heavy (non-hydrogen) atoms. The van der Waals surface area contributed by atoms with Crippen LogP contribution < -0.4 is 9.86 Å². The Labute approximate surface area is 159 Å². The molecule has 0 radical (unpaired) electrons. The van der Waals surface area contributed by atoms with Gasteiger partial charge in [-0.05, 0) is 35.7 Å². The van der Waals surface area contributed by atoms with Crippen molar-refractivity contribution in [1.82, 2.24) is 9.03 Å². The third kappa shape index (κ3) is 5.33. The van der Waals surface area contributed by atoms with Crippen LogP contribution in [0.4, 0.5) is 4.39 Å². The summed E-state index contributed by atoms with van der Waals surface area (Å²) in [6, 6.07) is 12.5. The summed E-state index contributed by atoms with van der Waals surface area (Å²) in [6.07, 6.45) is 0. The number of hydrogen-bond acceptors (Lipinski definition) is 4. The summed E-state index contributed by atoms with van der Waals surface area (Å²) in [4.78, 5) is 0.00683. The number of primary sulfonamides is 1. The van der Waals surface area contributed by atoms with E-state index >= 15 is 0 Å². The Bertz CT molecular complexity index is 1000. The molecule has 2 aromatic carbocycles. The molecule has 0 heterocycles. The lowest BCUT2D eigenvalue weighted by Crippen LogP contribution is -2.41. The van der Waals surface area contributed by atoms with Gasteiger partial charge in [0.15, 0.2) is 0 Å². The van der Waals surface area contributed by atoms with E-state index in [1.165, 1.54) is 33.2 Å². The molecule has 2 rings (SSSR count). The van der Waals surface area contributed by atoms with Crippen LogP contribution in [-0.2, 0) is 25.9 Å². The first-order valence-electron chi connectivity index (χ1n) is 7.93. The second-order valence-corrected chi connectivity index (χ2v) is 9.98. The van der Waals surface area contributed by atoms with Crippen LogP contribution in [-0.4, -0.2) is 41.8 Å². The van der Waals surface area contributed by atoms with Crippen LogP contribution in [0.3, 0.4) is 0 Å². The smallest absolute Gasteiger partial charge is 0.238 e. The van der Waals surface area contributed by atoms with Crippen LogP contribution >= 0.6 is 0 Å². The molecule has 7 nitrogen and oxygen atoms in total. The highest BCUT2D eigenvalue weighted by molar-refractivity contribution is 7.89. The van der Waals surface area contributed by atoms with Crippen LogP contribution in [0.25, 0.3) is 11.1 Å².